The van der Waals surface area contributed by atoms with Gasteiger partial charge in [0.15, 0.2) is 16.3 Å². The molecule has 0 unspecified atom stereocenters. The van der Waals surface area contributed by atoms with Crippen molar-refractivity contribution < 1.29 is 14.0 Å². The molecule has 2 aromatic heterocycles. The molecule has 7 nitrogen and oxygen atoms in total. The highest BCUT2D eigenvalue weighted by Crippen LogP contribution is 2.31. The number of nitrogens with zero attached hydrogens (tertiary/aromatic N) is 4. The van der Waals surface area contributed by atoms with Gasteiger partial charge in [0.25, 0.3) is 11.8 Å². The number of oxazole rings is 1. The molecule has 1 aliphatic heterocycles. The summed E-state index contributed by atoms with van der Waals surface area (Å²) in [5, 5.41) is 0.235. The van der Waals surface area contributed by atoms with Gasteiger partial charge in [-0.3, -0.25) is 24.0 Å². The van der Waals surface area contributed by atoms with Gasteiger partial charge in [-0.15, -0.1) is 0 Å². The van der Waals surface area contributed by atoms with Crippen LogP contribution in [0.1, 0.15) is 19.5 Å². The first-order valence-electron chi connectivity index (χ1n) is 11.1. The molecular formula is C26H22N4O3S. The molecule has 2 aromatic carbocycles. The molecule has 8 heteroatoms. The molecule has 0 N–H and O–H groups in total. The van der Waals surface area contributed by atoms with Crippen LogP contribution in [0.25, 0.3) is 34.4 Å². The number of carbonyl (C=O) groups is 2. The van der Waals surface area contributed by atoms with Gasteiger partial charge in [-0.1, -0.05) is 36.4 Å². The number of para-hydroxylation sites is 1. The second kappa shape index (κ2) is 8.72. The number of rotatable bonds is 5. The molecule has 1 aliphatic rings. The van der Waals surface area contributed by atoms with Gasteiger partial charge in [0.2, 0.25) is 5.89 Å². The van der Waals surface area contributed by atoms with E-state index in [-0.39, 0.29) is 10.7 Å². The third-order valence-corrected chi connectivity index (χ3v) is 6.20. The Labute approximate surface area is 201 Å². The van der Waals surface area contributed by atoms with E-state index in [0.717, 1.165) is 11.3 Å². The average Bonchev–Trinajstić information content (AvgIpc) is 3.41. The van der Waals surface area contributed by atoms with Gasteiger partial charge in [0.1, 0.15) is 5.57 Å². The van der Waals surface area contributed by atoms with Gasteiger partial charge in [-0.05, 0) is 56.4 Å². The summed E-state index contributed by atoms with van der Waals surface area (Å²) in [5.74, 6) is -0.311. The zero-order valence-electron chi connectivity index (χ0n) is 18.8. The van der Waals surface area contributed by atoms with Gasteiger partial charge < -0.3 is 4.42 Å². The first-order chi connectivity index (χ1) is 16.5. The molecule has 1 fully saturated rings. The summed E-state index contributed by atoms with van der Waals surface area (Å²) in [5.41, 5.74) is 3.52. The number of fused-ring (bicyclic) bond motifs is 1. The van der Waals surface area contributed by atoms with E-state index in [1.165, 1.54) is 9.80 Å². The normalized spacial score (nSPS) is 14.4. The lowest BCUT2D eigenvalue weighted by Gasteiger charge is -2.35. The van der Waals surface area contributed by atoms with Crippen molar-refractivity contribution in [3.63, 3.8) is 0 Å². The zero-order valence-corrected chi connectivity index (χ0v) is 19.6. The number of hydrogen-bond donors (Lipinski definition) is 0. The minimum absolute atomic E-state index is 0.0536. The smallest absolute Gasteiger partial charge is 0.265 e. The molecule has 3 heterocycles. The predicted molar refractivity (Wildman–Crippen MR) is 134 cm³/mol. The van der Waals surface area contributed by atoms with Gasteiger partial charge >= 0.3 is 0 Å². The van der Waals surface area contributed by atoms with E-state index in [4.69, 9.17) is 21.6 Å². The van der Waals surface area contributed by atoms with Crippen molar-refractivity contribution in [1.29, 1.82) is 0 Å². The molecule has 5 rings (SSSR count). The second-order valence-corrected chi connectivity index (χ2v) is 8.12. The zero-order chi connectivity index (χ0) is 23.8. The topological polar surface area (TPSA) is 71.6 Å². The highest BCUT2D eigenvalue weighted by atomic mass is 32.1. The second-order valence-electron chi connectivity index (χ2n) is 7.75. The van der Waals surface area contributed by atoms with Crippen LogP contribution in [-0.4, -0.2) is 49.4 Å². The fourth-order valence-electron chi connectivity index (χ4n) is 4.09. The number of hydrogen-bond acceptors (Lipinski definition) is 5. The standard InChI is InChI=1S/C26H22N4O3S/c1-3-28-24(31)20(25(32)29(4-2)26(28)34)15-19-16-21-22(30(19)18-13-9-6-10-14-18)27-23(33-21)17-11-7-5-8-12-17/h5-16H,3-4H2,1-2H3. The maximum atomic E-state index is 13.2. The van der Waals surface area contributed by atoms with Gasteiger partial charge in [-0.25, -0.2) is 0 Å². The Morgan fingerprint density at radius 1 is 0.912 bits per heavy atom. The average molecular weight is 471 g/mol. The van der Waals surface area contributed by atoms with Gasteiger partial charge in [-0.2, -0.15) is 4.98 Å². The molecule has 170 valence electrons. The molecule has 0 saturated carbocycles. The third kappa shape index (κ3) is 3.52. The molecule has 0 spiro atoms. The molecule has 2 amide bonds. The fourth-order valence-corrected chi connectivity index (χ4v) is 4.51. The maximum Gasteiger partial charge on any atom is 0.265 e. The van der Waals surface area contributed by atoms with Crippen LogP contribution in [0.4, 0.5) is 0 Å². The molecule has 34 heavy (non-hydrogen) atoms. The molecule has 0 radical (unpaired) electrons. The first-order valence-corrected chi connectivity index (χ1v) is 11.5. The number of thiocarbonyl (C=S) groups is 1. The Morgan fingerprint density at radius 2 is 1.50 bits per heavy atom. The summed E-state index contributed by atoms with van der Waals surface area (Å²) in [6.07, 6.45) is 1.60. The SMILES string of the molecule is CCN1C(=O)C(=Cc2cc3oc(-c4ccccc4)nc3n2-c2ccccc2)C(=O)N(CC)C1=S. The Hall–Kier alpha value is -4.04. The van der Waals surface area contributed by atoms with Crippen molar-refractivity contribution >= 4 is 46.5 Å². The summed E-state index contributed by atoms with van der Waals surface area (Å²) in [7, 11) is 0. The quantitative estimate of drug-likeness (QED) is 0.241. The van der Waals surface area contributed by atoms with Crippen molar-refractivity contribution in [1.82, 2.24) is 19.4 Å². The van der Waals surface area contributed by atoms with Crippen LogP contribution in [0.2, 0.25) is 0 Å². The number of benzene rings is 2. The molecular weight excluding hydrogens is 448 g/mol. The van der Waals surface area contributed by atoms with Crippen LogP contribution in [-0.2, 0) is 9.59 Å². The Kier molecular flexibility index (Phi) is 5.59. The minimum atomic E-state index is -0.405. The van der Waals surface area contributed by atoms with Crippen molar-refractivity contribution in [3.05, 3.63) is 78.0 Å². The summed E-state index contributed by atoms with van der Waals surface area (Å²) >= 11 is 5.37. The van der Waals surface area contributed by atoms with E-state index >= 15 is 0 Å². The lowest BCUT2D eigenvalue weighted by atomic mass is 10.1. The molecule has 1 saturated heterocycles. The predicted octanol–water partition coefficient (Wildman–Crippen LogP) is 4.66. The van der Waals surface area contributed by atoms with E-state index in [9.17, 15) is 9.59 Å². The van der Waals surface area contributed by atoms with E-state index in [0.29, 0.717) is 35.9 Å². The highest BCUT2D eigenvalue weighted by molar-refractivity contribution is 7.80. The van der Waals surface area contributed by atoms with E-state index < -0.39 is 11.8 Å². The summed E-state index contributed by atoms with van der Waals surface area (Å²) in [6, 6.07) is 21.1. The first kappa shape index (κ1) is 21.8. The number of likely N-dealkylation sites (N-methyl/N-ethyl adjacent to an activating group) is 2. The van der Waals surface area contributed by atoms with Crippen LogP contribution in [0.5, 0.6) is 0 Å². The summed E-state index contributed by atoms with van der Waals surface area (Å²) in [4.78, 5) is 33.9. The number of amides is 2. The van der Waals surface area contributed by atoms with Crippen LogP contribution >= 0.6 is 12.2 Å². The summed E-state index contributed by atoms with van der Waals surface area (Å²) < 4.78 is 7.96. The third-order valence-electron chi connectivity index (χ3n) is 5.76. The van der Waals surface area contributed by atoms with Crippen molar-refractivity contribution in [2.75, 3.05) is 13.1 Å². The van der Waals surface area contributed by atoms with Gasteiger partial charge in [0.05, 0.1) is 5.69 Å². The molecule has 0 aliphatic carbocycles. The van der Waals surface area contributed by atoms with Crippen LogP contribution in [0.15, 0.2) is 76.7 Å². The fraction of sp³-hybridized carbons (Fsp3) is 0.154. The van der Waals surface area contributed by atoms with Crippen molar-refractivity contribution in [2.24, 2.45) is 0 Å². The largest absolute Gasteiger partial charge is 0.434 e. The number of carbonyl (C=O) groups excluding carboxylic acids is 2. The minimum Gasteiger partial charge on any atom is -0.434 e. The highest BCUT2D eigenvalue weighted by Gasteiger charge is 2.38. The molecule has 4 aromatic rings. The van der Waals surface area contributed by atoms with E-state index in [2.05, 4.69) is 0 Å². The van der Waals surface area contributed by atoms with Crippen LogP contribution in [0, 0.1) is 0 Å². The van der Waals surface area contributed by atoms with E-state index in [1.807, 2.05) is 79.1 Å². The van der Waals surface area contributed by atoms with Crippen LogP contribution in [0.3, 0.4) is 0 Å². The molecule has 0 bridgehead atoms. The summed E-state index contributed by atoms with van der Waals surface area (Å²) in [6.45, 7) is 4.42. The monoisotopic (exact) mass is 470 g/mol. The van der Waals surface area contributed by atoms with Crippen LogP contribution < -0.4 is 0 Å². The maximum absolute atomic E-state index is 13.2. The lowest BCUT2D eigenvalue weighted by Crippen LogP contribution is -2.55. The van der Waals surface area contributed by atoms with Gasteiger partial charge in [0, 0.05) is 30.4 Å². The molecule has 0 atom stereocenters. The Balaban J connectivity index is 1.69. The van der Waals surface area contributed by atoms with E-state index in [1.54, 1.807) is 12.1 Å². The Morgan fingerprint density at radius 3 is 2.09 bits per heavy atom. The Bertz CT molecular complexity index is 1410. The lowest BCUT2D eigenvalue weighted by molar-refractivity contribution is -0.133. The number of aromatic nitrogens is 2. The van der Waals surface area contributed by atoms with Crippen molar-refractivity contribution in [2.45, 2.75) is 13.8 Å². The van der Waals surface area contributed by atoms with Crippen molar-refractivity contribution in [3.8, 4) is 17.1 Å².